The molecule has 0 spiro atoms. The Morgan fingerprint density at radius 2 is 1.60 bits per heavy atom. The van der Waals surface area contributed by atoms with Crippen LogP contribution in [0.15, 0.2) is 34.1 Å². The van der Waals surface area contributed by atoms with Crippen LogP contribution in [0.1, 0.15) is 13.3 Å². The summed E-state index contributed by atoms with van der Waals surface area (Å²) >= 11 is 0. The van der Waals surface area contributed by atoms with Crippen molar-refractivity contribution in [2.24, 2.45) is 0 Å². The van der Waals surface area contributed by atoms with Crippen LogP contribution in [0, 0.1) is 0 Å². The zero-order valence-electron chi connectivity index (χ0n) is 10.9. The van der Waals surface area contributed by atoms with Gasteiger partial charge in [0.1, 0.15) is 6.04 Å². The van der Waals surface area contributed by atoms with E-state index in [1.165, 1.54) is 6.92 Å². The third kappa shape index (κ3) is 4.02. The maximum atomic E-state index is 11.9. The van der Waals surface area contributed by atoms with E-state index in [4.69, 9.17) is 5.11 Å². The fraction of sp³-hybridized carbons (Fsp3) is 0.364. The number of carbonyl (C=O) groups is 1. The third-order valence-corrected chi connectivity index (χ3v) is 5.18. The van der Waals surface area contributed by atoms with Gasteiger partial charge in [-0.1, -0.05) is 6.92 Å². The fourth-order valence-electron chi connectivity index (χ4n) is 1.43. The van der Waals surface area contributed by atoms with Crippen molar-refractivity contribution >= 4 is 25.8 Å². The highest BCUT2D eigenvalue weighted by molar-refractivity contribution is 7.90. The average molecular weight is 321 g/mol. The summed E-state index contributed by atoms with van der Waals surface area (Å²) in [5.41, 5.74) is 0. The van der Waals surface area contributed by atoms with E-state index >= 15 is 0 Å². The van der Waals surface area contributed by atoms with Crippen molar-refractivity contribution in [1.82, 2.24) is 4.72 Å². The minimum atomic E-state index is -4.00. The summed E-state index contributed by atoms with van der Waals surface area (Å²) in [4.78, 5) is 10.6. The Kier molecular flexibility index (Phi) is 4.90. The van der Waals surface area contributed by atoms with Crippen molar-refractivity contribution in [3.05, 3.63) is 24.3 Å². The molecule has 1 aromatic carbocycles. The second-order valence-corrected chi connectivity index (χ2v) is 7.89. The monoisotopic (exact) mass is 321 g/mol. The van der Waals surface area contributed by atoms with Crippen molar-refractivity contribution in [2.75, 3.05) is 6.26 Å². The van der Waals surface area contributed by atoms with E-state index in [0.717, 1.165) is 30.5 Å². The minimum Gasteiger partial charge on any atom is -0.480 e. The molecule has 0 radical (unpaired) electrons. The fourth-order valence-corrected chi connectivity index (χ4v) is 3.33. The predicted octanol–water partition coefficient (Wildman–Crippen LogP) is 0.232. The first-order valence-corrected chi connectivity index (χ1v) is 9.00. The molecule has 1 aromatic rings. The molecule has 20 heavy (non-hydrogen) atoms. The maximum absolute atomic E-state index is 11.9. The number of carboxylic acids is 1. The highest BCUT2D eigenvalue weighted by Crippen LogP contribution is 2.15. The van der Waals surface area contributed by atoms with E-state index < -0.39 is 31.9 Å². The molecule has 0 heterocycles. The smallest absolute Gasteiger partial charge is 0.321 e. The minimum absolute atomic E-state index is 0.0123. The molecule has 0 fully saturated rings. The zero-order chi connectivity index (χ0) is 15.6. The zero-order valence-corrected chi connectivity index (χ0v) is 12.5. The van der Waals surface area contributed by atoms with Gasteiger partial charge in [-0.25, -0.2) is 16.8 Å². The lowest BCUT2D eigenvalue weighted by atomic mass is 10.2. The van der Waals surface area contributed by atoms with Crippen LogP contribution in [0.2, 0.25) is 0 Å². The highest BCUT2D eigenvalue weighted by Gasteiger charge is 2.24. The number of carboxylic acid groups (broad SMARTS) is 1. The molecule has 0 aliphatic carbocycles. The van der Waals surface area contributed by atoms with Crippen molar-refractivity contribution in [2.45, 2.75) is 29.2 Å². The van der Waals surface area contributed by atoms with Gasteiger partial charge >= 0.3 is 5.97 Å². The molecular weight excluding hydrogens is 306 g/mol. The predicted molar refractivity (Wildman–Crippen MR) is 71.6 cm³/mol. The van der Waals surface area contributed by atoms with Crippen molar-refractivity contribution < 1.29 is 26.7 Å². The number of aliphatic carboxylic acids is 1. The van der Waals surface area contributed by atoms with Crippen LogP contribution in [-0.2, 0) is 24.7 Å². The molecule has 0 amide bonds. The number of nitrogens with one attached hydrogen (secondary N) is 1. The molecule has 9 heteroatoms. The molecule has 0 saturated heterocycles. The summed E-state index contributed by atoms with van der Waals surface area (Å²) in [5, 5.41) is 8.83. The summed E-state index contributed by atoms with van der Waals surface area (Å²) in [6.07, 6.45) is 1.10. The SMILES string of the molecule is CC[C@@H](NS(=O)(=O)c1ccc(S(C)(=O)=O)cc1)C(=O)O. The Balaban J connectivity index is 3.08. The Bertz CT molecular complexity index is 691. The molecule has 0 aliphatic rings. The van der Waals surface area contributed by atoms with E-state index in [1.807, 2.05) is 4.72 Å². The maximum Gasteiger partial charge on any atom is 0.321 e. The first-order chi connectivity index (χ1) is 9.08. The van der Waals surface area contributed by atoms with Gasteiger partial charge < -0.3 is 5.11 Å². The number of sulfone groups is 1. The van der Waals surface area contributed by atoms with Crippen molar-refractivity contribution in [3.63, 3.8) is 0 Å². The molecule has 0 bridgehead atoms. The Morgan fingerprint density at radius 3 is 1.95 bits per heavy atom. The molecule has 7 nitrogen and oxygen atoms in total. The third-order valence-electron chi connectivity index (χ3n) is 2.57. The average Bonchev–Trinajstić information content (AvgIpc) is 2.35. The van der Waals surface area contributed by atoms with Gasteiger partial charge in [0.15, 0.2) is 9.84 Å². The summed E-state index contributed by atoms with van der Waals surface area (Å²) in [6, 6.07) is 3.33. The Hall–Kier alpha value is -1.45. The molecule has 112 valence electrons. The standard InChI is InChI=1S/C11H15NO6S2/c1-3-10(11(13)14)12-20(17,18)9-6-4-8(5-7-9)19(2,15)16/h4-7,10,12H,3H2,1-2H3,(H,13,14)/t10-/m1/s1. The van der Waals surface area contributed by atoms with E-state index in [0.29, 0.717) is 0 Å². The van der Waals surface area contributed by atoms with Crippen LogP contribution in [0.3, 0.4) is 0 Å². The van der Waals surface area contributed by atoms with Gasteiger partial charge in [-0.15, -0.1) is 0 Å². The molecule has 0 aliphatic heterocycles. The van der Waals surface area contributed by atoms with E-state index in [1.54, 1.807) is 0 Å². The van der Waals surface area contributed by atoms with Gasteiger partial charge in [0.2, 0.25) is 10.0 Å². The van der Waals surface area contributed by atoms with E-state index in [2.05, 4.69) is 0 Å². The summed E-state index contributed by atoms with van der Waals surface area (Å²) < 4.78 is 48.5. The lowest BCUT2D eigenvalue weighted by Crippen LogP contribution is -2.40. The second kappa shape index (κ2) is 5.90. The van der Waals surface area contributed by atoms with E-state index in [9.17, 15) is 21.6 Å². The van der Waals surface area contributed by atoms with E-state index in [-0.39, 0.29) is 16.2 Å². The first kappa shape index (κ1) is 16.6. The van der Waals surface area contributed by atoms with Gasteiger partial charge in [0.25, 0.3) is 0 Å². The van der Waals surface area contributed by atoms with Gasteiger partial charge in [-0.05, 0) is 30.7 Å². The number of rotatable bonds is 6. The Labute approximate surface area is 117 Å². The van der Waals surface area contributed by atoms with Gasteiger partial charge in [0, 0.05) is 6.26 Å². The largest absolute Gasteiger partial charge is 0.480 e. The van der Waals surface area contributed by atoms with Crippen molar-refractivity contribution in [3.8, 4) is 0 Å². The molecule has 0 unspecified atom stereocenters. The number of hydrogen-bond donors (Lipinski definition) is 2. The lowest BCUT2D eigenvalue weighted by molar-refractivity contribution is -0.139. The molecule has 1 atom stereocenters. The quantitative estimate of drug-likeness (QED) is 0.774. The van der Waals surface area contributed by atoms with Crippen molar-refractivity contribution in [1.29, 1.82) is 0 Å². The Morgan fingerprint density at radius 1 is 1.15 bits per heavy atom. The summed E-state index contributed by atoms with van der Waals surface area (Å²) in [6.45, 7) is 1.54. The van der Waals surface area contributed by atoms with Gasteiger partial charge in [0.05, 0.1) is 9.79 Å². The highest BCUT2D eigenvalue weighted by atomic mass is 32.2. The van der Waals surface area contributed by atoms with Gasteiger partial charge in [-0.3, -0.25) is 4.79 Å². The molecule has 0 aromatic heterocycles. The molecular formula is C11H15NO6S2. The lowest BCUT2D eigenvalue weighted by Gasteiger charge is -2.12. The number of benzene rings is 1. The number of sulfonamides is 1. The first-order valence-electron chi connectivity index (χ1n) is 5.63. The topological polar surface area (TPSA) is 118 Å². The number of hydrogen-bond acceptors (Lipinski definition) is 5. The molecule has 2 N–H and O–H groups in total. The van der Waals surface area contributed by atoms with Crippen LogP contribution in [-0.4, -0.2) is 40.2 Å². The molecule has 1 rings (SSSR count). The summed E-state index contributed by atoms with van der Waals surface area (Å²) in [5.74, 6) is -1.27. The van der Waals surface area contributed by atoms with Gasteiger partial charge in [-0.2, -0.15) is 4.72 Å². The normalized spacial score (nSPS) is 13.9. The van der Waals surface area contributed by atoms with Crippen LogP contribution >= 0.6 is 0 Å². The second-order valence-electron chi connectivity index (χ2n) is 4.16. The van der Waals surface area contributed by atoms with Crippen LogP contribution in [0.4, 0.5) is 0 Å². The van der Waals surface area contributed by atoms with Crippen LogP contribution in [0.5, 0.6) is 0 Å². The summed E-state index contributed by atoms with van der Waals surface area (Å²) in [7, 11) is -7.42. The van der Waals surface area contributed by atoms with Crippen LogP contribution in [0.25, 0.3) is 0 Å². The van der Waals surface area contributed by atoms with Crippen LogP contribution < -0.4 is 4.72 Å². The molecule has 0 saturated carbocycles.